The van der Waals surface area contributed by atoms with Crippen LogP contribution in [-0.4, -0.2) is 11.7 Å². The molecule has 2 nitrogen and oxygen atoms in total. The molecule has 0 fully saturated rings. The fourth-order valence-electron chi connectivity index (χ4n) is 1.82. The molecule has 0 saturated heterocycles. The summed E-state index contributed by atoms with van der Waals surface area (Å²) in [6.07, 6.45) is -1.37. The van der Waals surface area contributed by atoms with Gasteiger partial charge in [0.15, 0.2) is 0 Å². The summed E-state index contributed by atoms with van der Waals surface area (Å²) in [5, 5.41) is 9.92. The molecule has 0 spiro atoms. The molecule has 2 atom stereocenters. The molecule has 17 heavy (non-hydrogen) atoms. The van der Waals surface area contributed by atoms with Crippen molar-refractivity contribution >= 4 is 0 Å². The van der Waals surface area contributed by atoms with E-state index < -0.39 is 35.0 Å². The van der Waals surface area contributed by atoms with Crippen molar-refractivity contribution < 1.29 is 18.3 Å². The lowest BCUT2D eigenvalue weighted by Gasteiger charge is -2.25. The van der Waals surface area contributed by atoms with Gasteiger partial charge in [0.1, 0.15) is 17.5 Å². The second kappa shape index (κ2) is 5.51. The minimum atomic E-state index is -1.37. The van der Waals surface area contributed by atoms with Crippen molar-refractivity contribution in [1.29, 1.82) is 0 Å². The van der Waals surface area contributed by atoms with E-state index in [0.717, 1.165) is 0 Å². The van der Waals surface area contributed by atoms with Crippen molar-refractivity contribution in [2.45, 2.75) is 20.0 Å². The molecule has 5 heteroatoms. The van der Waals surface area contributed by atoms with Crippen LogP contribution < -0.4 is 5.73 Å². The number of hydrogen-bond donors (Lipinski definition) is 2. The van der Waals surface area contributed by atoms with Gasteiger partial charge in [0.05, 0.1) is 11.7 Å². The maximum atomic E-state index is 13.4. The molecular weight excluding hydrogens is 231 g/mol. The van der Waals surface area contributed by atoms with E-state index in [0.29, 0.717) is 12.1 Å². The molecule has 3 N–H and O–H groups in total. The zero-order chi connectivity index (χ0) is 13.2. The van der Waals surface area contributed by atoms with Crippen LogP contribution >= 0.6 is 0 Å². The zero-order valence-corrected chi connectivity index (χ0v) is 9.75. The molecule has 0 bridgehead atoms. The van der Waals surface area contributed by atoms with Crippen LogP contribution in [0.2, 0.25) is 0 Å². The van der Waals surface area contributed by atoms with Crippen LogP contribution in [0, 0.1) is 29.3 Å². The van der Waals surface area contributed by atoms with E-state index in [-0.39, 0.29) is 12.5 Å². The Bertz CT molecular complexity index is 372. The average Bonchev–Trinajstić information content (AvgIpc) is 2.15. The molecule has 0 aliphatic rings. The Kier molecular flexibility index (Phi) is 4.54. The summed E-state index contributed by atoms with van der Waals surface area (Å²) in [5.41, 5.74) is 4.95. The Hall–Kier alpha value is -1.07. The Balaban J connectivity index is 3.15. The van der Waals surface area contributed by atoms with Gasteiger partial charge in [0, 0.05) is 18.1 Å². The highest BCUT2D eigenvalue weighted by atomic mass is 19.1. The SMILES string of the molecule is CC(C)C(CN)C(O)c1c(F)cc(F)cc1F. The molecule has 1 aromatic carbocycles. The highest BCUT2D eigenvalue weighted by Crippen LogP contribution is 2.31. The molecule has 1 aromatic rings. The molecule has 2 unspecified atom stereocenters. The Morgan fingerprint density at radius 3 is 2.00 bits per heavy atom. The average molecular weight is 247 g/mol. The second-order valence-electron chi connectivity index (χ2n) is 4.37. The van der Waals surface area contributed by atoms with E-state index in [9.17, 15) is 18.3 Å². The fraction of sp³-hybridized carbons (Fsp3) is 0.500. The van der Waals surface area contributed by atoms with E-state index in [1.54, 1.807) is 13.8 Å². The lowest BCUT2D eigenvalue weighted by Crippen LogP contribution is -2.28. The van der Waals surface area contributed by atoms with Crippen LogP contribution in [0.25, 0.3) is 0 Å². The number of aliphatic hydroxyl groups is 1. The normalized spacial score (nSPS) is 15.1. The van der Waals surface area contributed by atoms with Crippen LogP contribution in [0.3, 0.4) is 0 Å². The van der Waals surface area contributed by atoms with E-state index in [4.69, 9.17) is 5.73 Å². The summed E-state index contributed by atoms with van der Waals surface area (Å²) in [5.74, 6) is -3.71. The molecule has 1 rings (SSSR count). The lowest BCUT2D eigenvalue weighted by atomic mass is 9.86. The van der Waals surface area contributed by atoms with Crippen LogP contribution in [0.15, 0.2) is 12.1 Å². The number of nitrogens with two attached hydrogens (primary N) is 1. The number of aliphatic hydroxyl groups excluding tert-OH is 1. The van der Waals surface area contributed by atoms with Crippen molar-refractivity contribution in [2.75, 3.05) is 6.54 Å². The van der Waals surface area contributed by atoms with Crippen LogP contribution in [0.5, 0.6) is 0 Å². The van der Waals surface area contributed by atoms with Gasteiger partial charge in [0.25, 0.3) is 0 Å². The minimum absolute atomic E-state index is 0.0427. The molecule has 0 amide bonds. The highest BCUT2D eigenvalue weighted by Gasteiger charge is 2.28. The van der Waals surface area contributed by atoms with Gasteiger partial charge < -0.3 is 10.8 Å². The number of benzene rings is 1. The maximum absolute atomic E-state index is 13.4. The molecule has 0 heterocycles. The Labute approximate surface area is 98.3 Å². The topological polar surface area (TPSA) is 46.2 Å². The Morgan fingerprint density at radius 2 is 1.65 bits per heavy atom. The van der Waals surface area contributed by atoms with Gasteiger partial charge in [-0.25, -0.2) is 13.2 Å². The molecule has 0 radical (unpaired) electrons. The Morgan fingerprint density at radius 1 is 1.18 bits per heavy atom. The van der Waals surface area contributed by atoms with Crippen LogP contribution in [-0.2, 0) is 0 Å². The first-order valence-corrected chi connectivity index (χ1v) is 5.41. The molecule has 0 aromatic heterocycles. The summed E-state index contributed by atoms with van der Waals surface area (Å²) in [7, 11) is 0. The number of rotatable bonds is 4. The molecular formula is C12H16F3NO. The predicted molar refractivity (Wildman–Crippen MR) is 58.7 cm³/mol. The summed E-state index contributed by atoms with van der Waals surface area (Å²) in [6.45, 7) is 3.68. The summed E-state index contributed by atoms with van der Waals surface area (Å²) in [4.78, 5) is 0. The zero-order valence-electron chi connectivity index (χ0n) is 9.75. The van der Waals surface area contributed by atoms with Crippen molar-refractivity contribution in [3.05, 3.63) is 35.1 Å². The molecule has 0 aliphatic heterocycles. The van der Waals surface area contributed by atoms with E-state index in [1.807, 2.05) is 0 Å². The number of hydrogen-bond acceptors (Lipinski definition) is 2. The first-order chi connectivity index (χ1) is 7.88. The van der Waals surface area contributed by atoms with Crippen LogP contribution in [0.4, 0.5) is 13.2 Å². The van der Waals surface area contributed by atoms with Crippen LogP contribution in [0.1, 0.15) is 25.5 Å². The van der Waals surface area contributed by atoms with Gasteiger partial charge in [0.2, 0.25) is 0 Å². The predicted octanol–water partition coefficient (Wildman–Crippen LogP) is 2.37. The molecule has 96 valence electrons. The first-order valence-electron chi connectivity index (χ1n) is 5.41. The third kappa shape index (κ3) is 2.98. The smallest absolute Gasteiger partial charge is 0.134 e. The van der Waals surface area contributed by atoms with Gasteiger partial charge in [-0.1, -0.05) is 13.8 Å². The van der Waals surface area contributed by atoms with Crippen molar-refractivity contribution in [3.63, 3.8) is 0 Å². The van der Waals surface area contributed by atoms with E-state index >= 15 is 0 Å². The largest absolute Gasteiger partial charge is 0.388 e. The second-order valence-corrected chi connectivity index (χ2v) is 4.37. The fourth-order valence-corrected chi connectivity index (χ4v) is 1.82. The van der Waals surface area contributed by atoms with Gasteiger partial charge in [-0.05, 0) is 12.5 Å². The van der Waals surface area contributed by atoms with Gasteiger partial charge >= 0.3 is 0 Å². The molecule has 0 saturated carbocycles. The standard InChI is InChI=1S/C12H16F3NO/c1-6(2)8(5-16)12(17)11-9(14)3-7(13)4-10(11)15/h3-4,6,8,12,17H,5,16H2,1-2H3. The van der Waals surface area contributed by atoms with Crippen molar-refractivity contribution in [3.8, 4) is 0 Å². The maximum Gasteiger partial charge on any atom is 0.134 e. The molecule has 0 aliphatic carbocycles. The summed E-state index contributed by atoms with van der Waals surface area (Å²) >= 11 is 0. The first kappa shape index (κ1) is 14.0. The van der Waals surface area contributed by atoms with Crippen molar-refractivity contribution in [1.82, 2.24) is 0 Å². The van der Waals surface area contributed by atoms with Gasteiger partial charge in [-0.3, -0.25) is 0 Å². The monoisotopic (exact) mass is 247 g/mol. The summed E-state index contributed by atoms with van der Waals surface area (Å²) in [6, 6.07) is 1.10. The van der Waals surface area contributed by atoms with Crippen molar-refractivity contribution in [2.24, 2.45) is 17.6 Å². The van der Waals surface area contributed by atoms with E-state index in [2.05, 4.69) is 0 Å². The van der Waals surface area contributed by atoms with Gasteiger partial charge in [-0.2, -0.15) is 0 Å². The highest BCUT2D eigenvalue weighted by molar-refractivity contribution is 5.23. The summed E-state index contributed by atoms with van der Waals surface area (Å²) < 4.78 is 39.6. The minimum Gasteiger partial charge on any atom is -0.388 e. The quantitative estimate of drug-likeness (QED) is 0.858. The lowest BCUT2D eigenvalue weighted by molar-refractivity contribution is 0.0791. The third-order valence-corrected chi connectivity index (χ3v) is 2.87. The van der Waals surface area contributed by atoms with Gasteiger partial charge in [-0.15, -0.1) is 0 Å². The van der Waals surface area contributed by atoms with E-state index in [1.165, 1.54) is 0 Å². The number of halogens is 3. The third-order valence-electron chi connectivity index (χ3n) is 2.87.